The number of fused-ring (bicyclic) bond motifs is 1. The standard InChI is InChI=1S/C17H15ClF3N5/c1-9(2)7-22-16-14(13-10(19)3-4-11(20)15(13)21)12(5-6-18)25-17-23-8-24-26(16)17/h3-4,8,22H,1,5-7H2,2H3. The molecule has 26 heavy (non-hydrogen) atoms. The Morgan fingerprint density at radius 1 is 1.23 bits per heavy atom. The number of hydrogen-bond donors (Lipinski definition) is 1. The summed E-state index contributed by atoms with van der Waals surface area (Å²) >= 11 is 5.83. The molecule has 0 bridgehead atoms. The van der Waals surface area contributed by atoms with Gasteiger partial charge in [0.05, 0.1) is 16.8 Å². The minimum Gasteiger partial charge on any atom is -0.366 e. The molecule has 1 aromatic carbocycles. The maximum Gasteiger partial charge on any atom is 0.254 e. The average Bonchev–Trinajstić information content (AvgIpc) is 3.06. The summed E-state index contributed by atoms with van der Waals surface area (Å²) in [6, 6.07) is 1.60. The van der Waals surface area contributed by atoms with E-state index in [2.05, 4.69) is 27.0 Å². The molecule has 5 nitrogen and oxygen atoms in total. The number of aromatic nitrogens is 4. The Hall–Kier alpha value is -2.61. The van der Waals surface area contributed by atoms with Crippen molar-refractivity contribution in [1.29, 1.82) is 0 Å². The van der Waals surface area contributed by atoms with Gasteiger partial charge in [0, 0.05) is 18.8 Å². The minimum atomic E-state index is -1.31. The number of hydrogen-bond acceptors (Lipinski definition) is 4. The van der Waals surface area contributed by atoms with Gasteiger partial charge in [-0.1, -0.05) is 12.2 Å². The highest BCUT2D eigenvalue weighted by atomic mass is 35.5. The highest BCUT2D eigenvalue weighted by molar-refractivity contribution is 6.18. The summed E-state index contributed by atoms with van der Waals surface area (Å²) in [5.41, 5.74) is 0.590. The van der Waals surface area contributed by atoms with Crippen LogP contribution in [0.2, 0.25) is 0 Å². The molecule has 3 rings (SSSR count). The second-order valence-electron chi connectivity index (χ2n) is 5.72. The molecule has 1 N–H and O–H groups in total. The second-order valence-corrected chi connectivity index (χ2v) is 6.10. The molecule has 0 aliphatic rings. The van der Waals surface area contributed by atoms with Crippen LogP contribution >= 0.6 is 11.6 Å². The Morgan fingerprint density at radius 2 is 1.96 bits per heavy atom. The smallest absolute Gasteiger partial charge is 0.254 e. The summed E-state index contributed by atoms with van der Waals surface area (Å²) in [5, 5.41) is 7.08. The number of aryl methyl sites for hydroxylation is 1. The van der Waals surface area contributed by atoms with Crippen LogP contribution in [0.5, 0.6) is 0 Å². The Kier molecular flexibility index (Phi) is 5.13. The maximum absolute atomic E-state index is 14.5. The van der Waals surface area contributed by atoms with Gasteiger partial charge in [0.15, 0.2) is 11.6 Å². The molecule has 0 radical (unpaired) electrons. The lowest BCUT2D eigenvalue weighted by molar-refractivity contribution is 0.498. The number of anilines is 1. The van der Waals surface area contributed by atoms with Gasteiger partial charge in [-0.3, -0.25) is 0 Å². The molecule has 136 valence electrons. The predicted octanol–water partition coefficient (Wildman–Crippen LogP) is 3.98. The Balaban J connectivity index is 2.37. The highest BCUT2D eigenvalue weighted by Gasteiger charge is 2.25. The fourth-order valence-electron chi connectivity index (χ4n) is 2.58. The van der Waals surface area contributed by atoms with Crippen molar-refractivity contribution < 1.29 is 13.2 Å². The summed E-state index contributed by atoms with van der Waals surface area (Å²) in [4.78, 5) is 8.31. The van der Waals surface area contributed by atoms with Crippen LogP contribution in [-0.2, 0) is 6.42 Å². The van der Waals surface area contributed by atoms with Crippen LogP contribution in [0.3, 0.4) is 0 Å². The lowest BCUT2D eigenvalue weighted by Gasteiger charge is -2.18. The zero-order valence-corrected chi connectivity index (χ0v) is 14.6. The second kappa shape index (κ2) is 7.33. The molecule has 0 aliphatic heterocycles. The first-order chi connectivity index (χ1) is 12.4. The third kappa shape index (κ3) is 3.24. The molecule has 2 heterocycles. The van der Waals surface area contributed by atoms with Crippen molar-refractivity contribution in [2.45, 2.75) is 13.3 Å². The van der Waals surface area contributed by atoms with Crippen molar-refractivity contribution >= 4 is 23.2 Å². The van der Waals surface area contributed by atoms with E-state index in [0.717, 1.165) is 17.7 Å². The molecule has 0 atom stereocenters. The van der Waals surface area contributed by atoms with Crippen molar-refractivity contribution in [3.05, 3.63) is 53.8 Å². The molecule has 0 spiro atoms. The van der Waals surface area contributed by atoms with Gasteiger partial charge in [-0.15, -0.1) is 11.6 Å². The van der Waals surface area contributed by atoms with E-state index in [1.165, 1.54) is 10.8 Å². The highest BCUT2D eigenvalue weighted by Crippen LogP contribution is 2.36. The monoisotopic (exact) mass is 381 g/mol. The normalized spacial score (nSPS) is 11.1. The predicted molar refractivity (Wildman–Crippen MR) is 93.8 cm³/mol. The molecule has 0 saturated heterocycles. The Labute approximate surface area is 152 Å². The third-order valence-electron chi connectivity index (χ3n) is 3.68. The summed E-state index contributed by atoms with van der Waals surface area (Å²) in [6.45, 7) is 5.89. The van der Waals surface area contributed by atoms with Crippen molar-refractivity contribution in [2.75, 3.05) is 17.7 Å². The van der Waals surface area contributed by atoms with Crippen LogP contribution in [0, 0.1) is 17.5 Å². The van der Waals surface area contributed by atoms with Gasteiger partial charge < -0.3 is 5.32 Å². The van der Waals surface area contributed by atoms with Crippen molar-refractivity contribution in [1.82, 2.24) is 19.6 Å². The van der Waals surface area contributed by atoms with Gasteiger partial charge in [-0.05, 0) is 19.1 Å². The van der Waals surface area contributed by atoms with Gasteiger partial charge in [-0.2, -0.15) is 14.6 Å². The van der Waals surface area contributed by atoms with Gasteiger partial charge >= 0.3 is 0 Å². The first kappa shape index (κ1) is 18.2. The van der Waals surface area contributed by atoms with E-state index in [-0.39, 0.29) is 35.2 Å². The van der Waals surface area contributed by atoms with E-state index in [1.54, 1.807) is 6.92 Å². The number of rotatable bonds is 6. The number of halogens is 4. The topological polar surface area (TPSA) is 55.1 Å². The van der Waals surface area contributed by atoms with Gasteiger partial charge in [0.25, 0.3) is 5.78 Å². The van der Waals surface area contributed by atoms with Crippen molar-refractivity contribution in [2.24, 2.45) is 0 Å². The third-order valence-corrected chi connectivity index (χ3v) is 3.87. The molecular formula is C17H15ClF3N5. The molecule has 9 heteroatoms. The quantitative estimate of drug-likeness (QED) is 0.398. The summed E-state index contributed by atoms with van der Waals surface area (Å²) < 4.78 is 44.1. The first-order valence-electron chi connectivity index (χ1n) is 7.74. The van der Waals surface area contributed by atoms with Crippen LogP contribution in [0.1, 0.15) is 12.6 Å². The van der Waals surface area contributed by atoms with Crippen LogP contribution in [-0.4, -0.2) is 32.0 Å². The van der Waals surface area contributed by atoms with E-state index >= 15 is 0 Å². The molecule has 0 amide bonds. The van der Waals surface area contributed by atoms with Crippen LogP contribution < -0.4 is 5.32 Å². The number of alkyl halides is 1. The molecule has 3 aromatic rings. The van der Waals surface area contributed by atoms with E-state index in [1.807, 2.05) is 0 Å². The molecule has 0 unspecified atom stereocenters. The summed E-state index contributed by atoms with van der Waals surface area (Å²) in [6.07, 6.45) is 1.47. The average molecular weight is 382 g/mol. The largest absolute Gasteiger partial charge is 0.366 e. The number of nitrogens with one attached hydrogen (secondary N) is 1. The Bertz CT molecular complexity index is 986. The van der Waals surface area contributed by atoms with Gasteiger partial charge in [0.1, 0.15) is 18.0 Å². The van der Waals surface area contributed by atoms with E-state index in [0.29, 0.717) is 6.54 Å². The maximum atomic E-state index is 14.5. The minimum absolute atomic E-state index is 0.0550. The SMILES string of the molecule is C=C(C)CNc1c(-c2c(F)ccc(F)c2F)c(CCCl)nc2ncnn12. The zero-order chi connectivity index (χ0) is 18.8. The fourth-order valence-corrected chi connectivity index (χ4v) is 2.75. The lowest BCUT2D eigenvalue weighted by atomic mass is 10.0. The fraction of sp³-hybridized carbons (Fsp3) is 0.235. The number of benzene rings is 1. The molecule has 0 aliphatic carbocycles. The number of nitrogens with zero attached hydrogens (tertiary/aromatic N) is 4. The Morgan fingerprint density at radius 3 is 2.65 bits per heavy atom. The zero-order valence-electron chi connectivity index (χ0n) is 13.9. The summed E-state index contributed by atoms with van der Waals surface area (Å²) in [5.74, 6) is -2.76. The van der Waals surface area contributed by atoms with Crippen LogP contribution in [0.25, 0.3) is 16.9 Å². The van der Waals surface area contributed by atoms with Crippen LogP contribution in [0.4, 0.5) is 19.0 Å². The van der Waals surface area contributed by atoms with Crippen molar-refractivity contribution in [3.63, 3.8) is 0 Å². The molecule has 0 fully saturated rings. The lowest BCUT2D eigenvalue weighted by Crippen LogP contribution is -2.14. The molecule has 0 saturated carbocycles. The van der Waals surface area contributed by atoms with E-state index < -0.39 is 23.0 Å². The van der Waals surface area contributed by atoms with E-state index in [9.17, 15) is 13.2 Å². The first-order valence-corrected chi connectivity index (χ1v) is 8.28. The molecule has 2 aromatic heterocycles. The van der Waals surface area contributed by atoms with Crippen molar-refractivity contribution in [3.8, 4) is 11.1 Å². The van der Waals surface area contributed by atoms with E-state index in [4.69, 9.17) is 11.6 Å². The molecular weight excluding hydrogens is 367 g/mol. The van der Waals surface area contributed by atoms with Gasteiger partial charge in [0.2, 0.25) is 0 Å². The summed E-state index contributed by atoms with van der Waals surface area (Å²) in [7, 11) is 0. The van der Waals surface area contributed by atoms with Gasteiger partial charge in [-0.25, -0.2) is 18.2 Å². The van der Waals surface area contributed by atoms with Crippen LogP contribution in [0.15, 0.2) is 30.6 Å².